The zero-order valence-electron chi connectivity index (χ0n) is 12.2. The summed E-state index contributed by atoms with van der Waals surface area (Å²) in [6, 6.07) is 4.86. The second-order valence-electron chi connectivity index (χ2n) is 5.26. The SMILES string of the molecule is CCOc1cc(C)ccc1CNC(=O)C1CC(F)(F)CN1. The van der Waals surface area contributed by atoms with Crippen LogP contribution in [0.2, 0.25) is 0 Å². The normalized spacial score (nSPS) is 20.3. The second-order valence-corrected chi connectivity index (χ2v) is 5.26. The predicted octanol–water partition coefficient (Wildman–Crippen LogP) is 2.01. The van der Waals surface area contributed by atoms with Gasteiger partial charge >= 0.3 is 0 Å². The summed E-state index contributed by atoms with van der Waals surface area (Å²) in [5.74, 6) is -2.50. The Morgan fingerprint density at radius 2 is 2.29 bits per heavy atom. The summed E-state index contributed by atoms with van der Waals surface area (Å²) in [7, 11) is 0. The van der Waals surface area contributed by atoms with Crippen LogP contribution in [-0.2, 0) is 11.3 Å². The van der Waals surface area contributed by atoms with Crippen molar-refractivity contribution in [2.45, 2.75) is 38.8 Å². The molecule has 4 nitrogen and oxygen atoms in total. The first kappa shape index (κ1) is 15.7. The molecule has 0 saturated carbocycles. The van der Waals surface area contributed by atoms with Crippen LogP contribution in [0.5, 0.6) is 5.75 Å². The maximum atomic E-state index is 13.1. The molecule has 21 heavy (non-hydrogen) atoms. The van der Waals surface area contributed by atoms with E-state index >= 15 is 0 Å². The van der Waals surface area contributed by atoms with Gasteiger partial charge in [0.1, 0.15) is 5.75 Å². The smallest absolute Gasteiger partial charge is 0.262 e. The molecule has 0 aromatic heterocycles. The van der Waals surface area contributed by atoms with E-state index in [1.165, 1.54) is 0 Å². The third-order valence-electron chi connectivity index (χ3n) is 3.40. The van der Waals surface area contributed by atoms with E-state index in [0.717, 1.165) is 11.1 Å². The number of nitrogens with one attached hydrogen (secondary N) is 2. The molecule has 1 aliphatic heterocycles. The van der Waals surface area contributed by atoms with Crippen LogP contribution >= 0.6 is 0 Å². The number of amides is 1. The summed E-state index contributed by atoms with van der Waals surface area (Å²) >= 11 is 0. The Morgan fingerprint density at radius 1 is 1.52 bits per heavy atom. The highest BCUT2D eigenvalue weighted by molar-refractivity contribution is 5.82. The minimum Gasteiger partial charge on any atom is -0.494 e. The van der Waals surface area contributed by atoms with Crippen LogP contribution in [0.1, 0.15) is 24.5 Å². The van der Waals surface area contributed by atoms with Crippen LogP contribution in [0.4, 0.5) is 8.78 Å². The highest BCUT2D eigenvalue weighted by atomic mass is 19.3. The van der Waals surface area contributed by atoms with Gasteiger partial charge < -0.3 is 10.1 Å². The fourth-order valence-corrected chi connectivity index (χ4v) is 2.30. The molecule has 1 unspecified atom stereocenters. The van der Waals surface area contributed by atoms with Crippen LogP contribution < -0.4 is 15.4 Å². The van der Waals surface area contributed by atoms with Crippen molar-refractivity contribution in [2.75, 3.05) is 13.2 Å². The van der Waals surface area contributed by atoms with Crippen LogP contribution in [-0.4, -0.2) is 31.0 Å². The van der Waals surface area contributed by atoms with E-state index in [1.54, 1.807) is 0 Å². The molecule has 1 aliphatic rings. The van der Waals surface area contributed by atoms with Crippen molar-refractivity contribution in [1.29, 1.82) is 0 Å². The average molecular weight is 298 g/mol. The van der Waals surface area contributed by atoms with Crippen molar-refractivity contribution >= 4 is 5.91 Å². The number of rotatable bonds is 5. The lowest BCUT2D eigenvalue weighted by atomic mass is 10.1. The standard InChI is InChI=1S/C15H20F2N2O2/c1-3-21-13-6-10(2)4-5-11(13)8-18-14(20)12-7-15(16,17)9-19-12/h4-6,12,19H,3,7-9H2,1-2H3,(H,18,20). The first-order valence-electron chi connectivity index (χ1n) is 7.02. The van der Waals surface area contributed by atoms with Gasteiger partial charge in [0.2, 0.25) is 5.91 Å². The Kier molecular flexibility index (Phi) is 4.77. The Hall–Kier alpha value is -1.69. The van der Waals surface area contributed by atoms with E-state index in [0.29, 0.717) is 12.4 Å². The Labute approximate surface area is 122 Å². The Bertz CT molecular complexity index is 520. The number of benzene rings is 1. The minimum absolute atomic E-state index is 0.262. The van der Waals surface area contributed by atoms with E-state index in [9.17, 15) is 13.6 Å². The third-order valence-corrected chi connectivity index (χ3v) is 3.40. The van der Waals surface area contributed by atoms with Gasteiger partial charge in [0.25, 0.3) is 5.92 Å². The molecule has 1 heterocycles. The maximum absolute atomic E-state index is 13.1. The molecular formula is C15H20F2N2O2. The van der Waals surface area contributed by atoms with Gasteiger partial charge in [-0.1, -0.05) is 12.1 Å². The molecular weight excluding hydrogens is 278 g/mol. The number of ether oxygens (including phenoxy) is 1. The molecule has 2 N–H and O–H groups in total. The molecule has 1 saturated heterocycles. The summed E-state index contributed by atoms with van der Waals surface area (Å²) in [4.78, 5) is 11.9. The van der Waals surface area contributed by atoms with Crippen LogP contribution in [0, 0.1) is 6.92 Å². The molecule has 0 bridgehead atoms. The highest BCUT2D eigenvalue weighted by Gasteiger charge is 2.42. The van der Waals surface area contributed by atoms with Gasteiger partial charge in [-0.3, -0.25) is 10.1 Å². The molecule has 1 aromatic carbocycles. The zero-order valence-corrected chi connectivity index (χ0v) is 12.2. The first-order valence-corrected chi connectivity index (χ1v) is 7.02. The largest absolute Gasteiger partial charge is 0.494 e. The lowest BCUT2D eigenvalue weighted by Gasteiger charge is -2.14. The van der Waals surface area contributed by atoms with E-state index in [-0.39, 0.29) is 6.54 Å². The maximum Gasteiger partial charge on any atom is 0.262 e. The molecule has 1 fully saturated rings. The second kappa shape index (κ2) is 6.39. The van der Waals surface area contributed by atoms with Crippen molar-refractivity contribution < 1.29 is 18.3 Å². The van der Waals surface area contributed by atoms with Gasteiger partial charge in [-0.15, -0.1) is 0 Å². The van der Waals surface area contributed by atoms with Crippen molar-refractivity contribution in [1.82, 2.24) is 10.6 Å². The number of hydrogen-bond acceptors (Lipinski definition) is 3. The van der Waals surface area contributed by atoms with E-state index in [4.69, 9.17) is 4.74 Å². The van der Waals surface area contributed by atoms with Crippen molar-refractivity contribution in [3.05, 3.63) is 29.3 Å². The molecule has 1 aromatic rings. The molecule has 2 rings (SSSR count). The number of halogens is 2. The lowest BCUT2D eigenvalue weighted by Crippen LogP contribution is -2.40. The number of carbonyl (C=O) groups excluding carboxylic acids is 1. The van der Waals surface area contributed by atoms with E-state index in [2.05, 4.69) is 10.6 Å². The summed E-state index contributed by atoms with van der Waals surface area (Å²) in [5, 5.41) is 5.22. The summed E-state index contributed by atoms with van der Waals surface area (Å²) in [6.07, 6.45) is -0.453. The van der Waals surface area contributed by atoms with E-state index in [1.807, 2.05) is 32.0 Å². The average Bonchev–Trinajstić information content (AvgIpc) is 2.78. The van der Waals surface area contributed by atoms with Gasteiger partial charge in [0.05, 0.1) is 19.2 Å². The quantitative estimate of drug-likeness (QED) is 0.874. The van der Waals surface area contributed by atoms with Crippen LogP contribution in [0.3, 0.4) is 0 Å². The fraction of sp³-hybridized carbons (Fsp3) is 0.533. The monoisotopic (exact) mass is 298 g/mol. The zero-order chi connectivity index (χ0) is 15.5. The van der Waals surface area contributed by atoms with Gasteiger partial charge in [0.15, 0.2) is 0 Å². The van der Waals surface area contributed by atoms with Crippen molar-refractivity contribution in [3.63, 3.8) is 0 Å². The minimum atomic E-state index is -2.80. The molecule has 0 spiro atoms. The number of hydrogen-bond donors (Lipinski definition) is 2. The number of alkyl halides is 2. The highest BCUT2D eigenvalue weighted by Crippen LogP contribution is 2.25. The molecule has 1 amide bonds. The summed E-state index contributed by atoms with van der Waals surface area (Å²) < 4.78 is 31.7. The predicted molar refractivity (Wildman–Crippen MR) is 75.5 cm³/mol. The number of aryl methyl sites for hydroxylation is 1. The number of carbonyl (C=O) groups is 1. The van der Waals surface area contributed by atoms with Gasteiger partial charge in [-0.05, 0) is 25.5 Å². The molecule has 6 heteroatoms. The topological polar surface area (TPSA) is 50.4 Å². The van der Waals surface area contributed by atoms with Crippen molar-refractivity contribution in [2.24, 2.45) is 0 Å². The lowest BCUT2D eigenvalue weighted by molar-refractivity contribution is -0.123. The third kappa shape index (κ3) is 4.14. The molecule has 0 radical (unpaired) electrons. The van der Waals surface area contributed by atoms with Crippen LogP contribution in [0.15, 0.2) is 18.2 Å². The van der Waals surface area contributed by atoms with Crippen molar-refractivity contribution in [3.8, 4) is 5.75 Å². The molecule has 116 valence electrons. The van der Waals surface area contributed by atoms with Gasteiger partial charge in [-0.25, -0.2) is 8.78 Å². The fourth-order valence-electron chi connectivity index (χ4n) is 2.30. The Balaban J connectivity index is 1.95. The molecule has 0 aliphatic carbocycles. The van der Waals surface area contributed by atoms with E-state index < -0.39 is 30.8 Å². The molecule has 1 atom stereocenters. The first-order chi connectivity index (χ1) is 9.91. The van der Waals surface area contributed by atoms with Crippen LogP contribution in [0.25, 0.3) is 0 Å². The summed E-state index contributed by atoms with van der Waals surface area (Å²) in [5.41, 5.74) is 1.89. The van der Waals surface area contributed by atoms with Gasteiger partial charge in [-0.2, -0.15) is 0 Å². The Morgan fingerprint density at radius 3 is 2.90 bits per heavy atom. The van der Waals surface area contributed by atoms with Gasteiger partial charge in [0, 0.05) is 18.5 Å². The summed E-state index contributed by atoms with van der Waals surface area (Å²) in [6.45, 7) is 4.18.